The van der Waals surface area contributed by atoms with Gasteiger partial charge in [0.2, 0.25) is 0 Å². The second kappa shape index (κ2) is 8.02. The molecule has 0 radical (unpaired) electrons. The molecule has 1 aromatic rings. The van der Waals surface area contributed by atoms with E-state index in [4.69, 9.17) is 16.3 Å². The van der Waals surface area contributed by atoms with Gasteiger partial charge < -0.3 is 10.1 Å². The molecular weight excluding hydrogens is 270 g/mol. The van der Waals surface area contributed by atoms with E-state index in [0.29, 0.717) is 12.1 Å². The summed E-state index contributed by atoms with van der Waals surface area (Å²) in [6.07, 6.45) is 6.06. The van der Waals surface area contributed by atoms with E-state index in [1.165, 1.54) is 24.0 Å². The van der Waals surface area contributed by atoms with Gasteiger partial charge in [0.25, 0.3) is 0 Å². The van der Waals surface area contributed by atoms with Crippen molar-refractivity contribution in [3.8, 4) is 0 Å². The van der Waals surface area contributed by atoms with Crippen LogP contribution in [0.15, 0.2) is 18.2 Å². The third-order valence-electron chi connectivity index (χ3n) is 3.93. The molecule has 0 amide bonds. The van der Waals surface area contributed by atoms with Gasteiger partial charge in [-0.25, -0.2) is 0 Å². The summed E-state index contributed by atoms with van der Waals surface area (Å²) >= 11 is 6.37. The zero-order valence-corrected chi connectivity index (χ0v) is 13.4. The molecule has 1 aliphatic rings. The lowest BCUT2D eigenvalue weighted by Gasteiger charge is -2.22. The number of rotatable bonds is 7. The lowest BCUT2D eigenvalue weighted by Crippen LogP contribution is -2.35. The summed E-state index contributed by atoms with van der Waals surface area (Å²) in [5.41, 5.74) is 2.46. The van der Waals surface area contributed by atoms with E-state index in [1.807, 2.05) is 0 Å². The molecule has 1 saturated heterocycles. The Labute approximate surface area is 127 Å². The van der Waals surface area contributed by atoms with Gasteiger partial charge in [0.05, 0.1) is 6.10 Å². The molecule has 1 heterocycles. The summed E-state index contributed by atoms with van der Waals surface area (Å²) in [5.74, 6) is 0. The molecule has 1 aliphatic heterocycles. The molecule has 112 valence electrons. The summed E-state index contributed by atoms with van der Waals surface area (Å²) in [7, 11) is 0. The Morgan fingerprint density at radius 2 is 2.30 bits per heavy atom. The lowest BCUT2D eigenvalue weighted by atomic mass is 9.98. The number of ether oxygens (including phenoxy) is 1. The summed E-state index contributed by atoms with van der Waals surface area (Å²) in [4.78, 5) is 0. The molecule has 1 aromatic carbocycles. The molecule has 0 saturated carbocycles. The van der Waals surface area contributed by atoms with Gasteiger partial charge >= 0.3 is 0 Å². The second-order valence-electron chi connectivity index (χ2n) is 5.82. The molecule has 0 aliphatic carbocycles. The average Bonchev–Trinajstić information content (AvgIpc) is 2.92. The first-order valence-corrected chi connectivity index (χ1v) is 8.17. The highest BCUT2D eigenvalue weighted by molar-refractivity contribution is 6.31. The van der Waals surface area contributed by atoms with Gasteiger partial charge in [-0.1, -0.05) is 30.7 Å². The predicted molar refractivity (Wildman–Crippen MR) is 85.6 cm³/mol. The van der Waals surface area contributed by atoms with Gasteiger partial charge in [-0.3, -0.25) is 0 Å². The highest BCUT2D eigenvalue weighted by Crippen LogP contribution is 2.23. The van der Waals surface area contributed by atoms with Gasteiger partial charge in [0, 0.05) is 17.7 Å². The number of benzene rings is 1. The lowest BCUT2D eigenvalue weighted by molar-refractivity contribution is 0.0946. The van der Waals surface area contributed by atoms with Crippen LogP contribution >= 0.6 is 11.6 Å². The summed E-state index contributed by atoms with van der Waals surface area (Å²) < 4.78 is 5.78. The maximum Gasteiger partial charge on any atom is 0.0590 e. The van der Waals surface area contributed by atoms with Crippen molar-refractivity contribution in [1.29, 1.82) is 0 Å². The Bertz CT molecular complexity index is 415. The number of aryl methyl sites for hydroxylation is 1. The van der Waals surface area contributed by atoms with Crippen LogP contribution in [0, 0.1) is 6.92 Å². The highest BCUT2D eigenvalue weighted by Gasteiger charge is 2.21. The van der Waals surface area contributed by atoms with Gasteiger partial charge in [-0.05, 0) is 62.8 Å². The van der Waals surface area contributed by atoms with Gasteiger partial charge in [-0.2, -0.15) is 0 Å². The maximum absolute atomic E-state index is 6.37. The number of hydrogen-bond donors (Lipinski definition) is 1. The van der Waals surface area contributed by atoms with Crippen LogP contribution in [0.3, 0.4) is 0 Å². The van der Waals surface area contributed by atoms with Crippen molar-refractivity contribution in [2.75, 3.05) is 13.2 Å². The quantitative estimate of drug-likeness (QED) is 0.817. The van der Waals surface area contributed by atoms with Gasteiger partial charge in [0.15, 0.2) is 0 Å². The first kappa shape index (κ1) is 15.8. The molecule has 1 fully saturated rings. The molecular formula is C17H26ClNO. The number of hydrogen-bond acceptors (Lipinski definition) is 2. The summed E-state index contributed by atoms with van der Waals surface area (Å²) in [6.45, 7) is 6.27. The van der Waals surface area contributed by atoms with Crippen LogP contribution in [0.4, 0.5) is 0 Å². The van der Waals surface area contributed by atoms with E-state index >= 15 is 0 Å². The van der Waals surface area contributed by atoms with Crippen molar-refractivity contribution in [3.05, 3.63) is 34.3 Å². The molecule has 1 N–H and O–H groups in total. The zero-order chi connectivity index (χ0) is 14.4. The smallest absolute Gasteiger partial charge is 0.0590 e. The first-order valence-electron chi connectivity index (χ1n) is 7.79. The molecule has 0 spiro atoms. The molecule has 20 heavy (non-hydrogen) atoms. The van der Waals surface area contributed by atoms with Crippen LogP contribution in [0.1, 0.15) is 43.7 Å². The molecule has 2 unspecified atom stereocenters. The minimum atomic E-state index is 0.425. The van der Waals surface area contributed by atoms with E-state index in [0.717, 1.165) is 37.4 Å². The fraction of sp³-hybridized carbons (Fsp3) is 0.647. The zero-order valence-electron chi connectivity index (χ0n) is 12.6. The van der Waals surface area contributed by atoms with E-state index < -0.39 is 0 Å². The highest BCUT2D eigenvalue weighted by atomic mass is 35.5. The summed E-state index contributed by atoms with van der Waals surface area (Å²) in [5, 5.41) is 4.54. The average molecular weight is 296 g/mol. The van der Waals surface area contributed by atoms with E-state index in [-0.39, 0.29) is 0 Å². The fourth-order valence-electron chi connectivity index (χ4n) is 2.82. The molecule has 2 nitrogen and oxygen atoms in total. The first-order chi connectivity index (χ1) is 9.69. The largest absolute Gasteiger partial charge is 0.378 e. The Kier molecular flexibility index (Phi) is 6.34. The van der Waals surface area contributed by atoms with E-state index in [2.05, 4.69) is 37.4 Å². The van der Waals surface area contributed by atoms with Crippen LogP contribution in [-0.4, -0.2) is 25.3 Å². The second-order valence-corrected chi connectivity index (χ2v) is 6.23. The Morgan fingerprint density at radius 3 is 2.95 bits per heavy atom. The molecule has 2 rings (SSSR count). The number of nitrogens with one attached hydrogen (secondary N) is 1. The van der Waals surface area contributed by atoms with E-state index in [1.54, 1.807) is 0 Å². The van der Waals surface area contributed by atoms with Crippen LogP contribution in [-0.2, 0) is 11.2 Å². The van der Waals surface area contributed by atoms with Gasteiger partial charge in [-0.15, -0.1) is 0 Å². The van der Waals surface area contributed by atoms with Crippen molar-refractivity contribution < 1.29 is 4.74 Å². The summed E-state index contributed by atoms with van der Waals surface area (Å²) in [6, 6.07) is 6.82. The molecule has 3 heteroatoms. The van der Waals surface area contributed by atoms with Crippen LogP contribution in [0.2, 0.25) is 5.02 Å². The minimum absolute atomic E-state index is 0.425. The third-order valence-corrected chi connectivity index (χ3v) is 4.28. The topological polar surface area (TPSA) is 21.3 Å². The minimum Gasteiger partial charge on any atom is -0.378 e. The van der Waals surface area contributed by atoms with Crippen molar-refractivity contribution >= 4 is 11.6 Å². The van der Waals surface area contributed by atoms with Gasteiger partial charge in [0.1, 0.15) is 0 Å². The van der Waals surface area contributed by atoms with Crippen molar-refractivity contribution in [2.24, 2.45) is 0 Å². The Morgan fingerprint density at radius 1 is 1.45 bits per heavy atom. The van der Waals surface area contributed by atoms with E-state index in [9.17, 15) is 0 Å². The predicted octanol–water partition coefficient (Wildman–Crippen LogP) is 4.13. The molecule has 0 aromatic heterocycles. The van der Waals surface area contributed by atoms with Crippen LogP contribution in [0.5, 0.6) is 0 Å². The van der Waals surface area contributed by atoms with Crippen molar-refractivity contribution in [2.45, 2.75) is 58.1 Å². The fourth-order valence-corrected chi connectivity index (χ4v) is 3.13. The standard InChI is InChI=1S/C17H26ClNO/c1-3-8-19-15(12-16-5-4-9-20-16)11-14-7-6-13(2)10-17(14)18/h6-7,10,15-16,19H,3-5,8-9,11-12H2,1-2H3. The Balaban J connectivity index is 1.97. The number of halogens is 1. The van der Waals surface area contributed by atoms with Crippen molar-refractivity contribution in [3.63, 3.8) is 0 Å². The molecule has 0 bridgehead atoms. The monoisotopic (exact) mass is 295 g/mol. The SMILES string of the molecule is CCCNC(Cc1ccc(C)cc1Cl)CC1CCCO1. The Hall–Kier alpha value is -0.570. The van der Waals surface area contributed by atoms with Crippen LogP contribution < -0.4 is 5.32 Å². The maximum atomic E-state index is 6.37. The normalized spacial score (nSPS) is 20.2. The molecule has 2 atom stereocenters. The van der Waals surface area contributed by atoms with Crippen LogP contribution in [0.25, 0.3) is 0 Å². The third kappa shape index (κ3) is 4.76. The van der Waals surface area contributed by atoms with Crippen molar-refractivity contribution in [1.82, 2.24) is 5.32 Å².